The number of carbonyl (C=O) groups excluding carboxylic acids is 2. The van der Waals surface area contributed by atoms with Crippen molar-refractivity contribution < 1.29 is 18.7 Å². The van der Waals surface area contributed by atoms with Crippen molar-refractivity contribution in [2.45, 2.75) is 6.92 Å². The zero-order valence-corrected chi connectivity index (χ0v) is 14.5. The number of carbonyl (C=O) groups is 2. The van der Waals surface area contributed by atoms with E-state index in [1.165, 1.54) is 6.07 Å². The summed E-state index contributed by atoms with van der Waals surface area (Å²) in [4.78, 5) is 24.5. The van der Waals surface area contributed by atoms with Crippen LogP contribution in [0, 0.1) is 24.1 Å². The summed E-state index contributed by atoms with van der Waals surface area (Å²) in [7, 11) is 0. The van der Waals surface area contributed by atoms with Crippen LogP contribution in [0.3, 0.4) is 0 Å². The number of nitriles is 1. The van der Waals surface area contributed by atoms with Gasteiger partial charge in [0.05, 0.1) is 11.3 Å². The molecule has 0 saturated heterocycles. The highest BCUT2D eigenvalue weighted by atomic mass is 32.1. The number of nitrogens with one attached hydrogen (secondary N) is 1. The van der Waals surface area contributed by atoms with Crippen molar-refractivity contribution in [2.24, 2.45) is 0 Å². The van der Waals surface area contributed by atoms with Gasteiger partial charge in [0.2, 0.25) is 0 Å². The van der Waals surface area contributed by atoms with Gasteiger partial charge in [0.15, 0.2) is 6.61 Å². The second-order valence-electron chi connectivity index (χ2n) is 5.45. The number of fused-ring (bicyclic) bond motifs is 1. The third-order valence-corrected chi connectivity index (χ3v) is 4.98. The molecule has 1 aromatic heterocycles. The van der Waals surface area contributed by atoms with E-state index >= 15 is 0 Å². The minimum absolute atomic E-state index is 0.260. The van der Waals surface area contributed by atoms with Crippen molar-refractivity contribution in [1.29, 1.82) is 5.26 Å². The van der Waals surface area contributed by atoms with Crippen molar-refractivity contribution in [2.75, 3.05) is 11.9 Å². The molecule has 0 fully saturated rings. The zero-order valence-electron chi connectivity index (χ0n) is 13.7. The summed E-state index contributed by atoms with van der Waals surface area (Å²) in [6.45, 7) is 1.14. The largest absolute Gasteiger partial charge is 0.451 e. The van der Waals surface area contributed by atoms with Crippen LogP contribution in [0.1, 0.15) is 20.8 Å². The third kappa shape index (κ3) is 3.41. The fourth-order valence-electron chi connectivity index (χ4n) is 2.52. The summed E-state index contributed by atoms with van der Waals surface area (Å²) in [5.74, 6) is -1.65. The molecule has 0 radical (unpaired) electrons. The Morgan fingerprint density at radius 1 is 1.23 bits per heavy atom. The predicted octanol–water partition coefficient (Wildman–Crippen LogP) is 4.02. The number of thiophene rings is 1. The second-order valence-corrected chi connectivity index (χ2v) is 6.50. The molecule has 2 aromatic carbocycles. The maximum Gasteiger partial charge on any atom is 0.349 e. The Morgan fingerprint density at radius 3 is 2.73 bits per heavy atom. The highest BCUT2D eigenvalue weighted by Crippen LogP contribution is 2.32. The van der Waals surface area contributed by atoms with Gasteiger partial charge in [-0.3, -0.25) is 4.79 Å². The summed E-state index contributed by atoms with van der Waals surface area (Å²) in [6.07, 6.45) is 0. The average Bonchev–Trinajstić information content (AvgIpc) is 2.98. The molecule has 0 spiro atoms. The molecule has 0 bridgehead atoms. The number of benzene rings is 2. The van der Waals surface area contributed by atoms with Crippen LogP contribution in [0.5, 0.6) is 0 Å². The molecule has 130 valence electrons. The van der Waals surface area contributed by atoms with E-state index in [-0.39, 0.29) is 4.88 Å². The first-order valence-electron chi connectivity index (χ1n) is 7.65. The Labute approximate surface area is 152 Å². The van der Waals surface area contributed by atoms with Crippen LogP contribution in [-0.2, 0) is 9.53 Å². The lowest BCUT2D eigenvalue weighted by atomic mass is 10.1. The molecule has 3 rings (SSSR count). The Morgan fingerprint density at radius 2 is 2.00 bits per heavy atom. The van der Waals surface area contributed by atoms with Gasteiger partial charge in [-0.15, -0.1) is 11.3 Å². The lowest BCUT2D eigenvalue weighted by Crippen LogP contribution is -2.21. The number of halogens is 1. The summed E-state index contributed by atoms with van der Waals surface area (Å²) >= 11 is 1.12. The van der Waals surface area contributed by atoms with Gasteiger partial charge in [-0.2, -0.15) is 5.26 Å². The fourth-order valence-corrected chi connectivity index (χ4v) is 3.64. The number of anilines is 1. The van der Waals surface area contributed by atoms with Gasteiger partial charge >= 0.3 is 5.97 Å². The fraction of sp³-hybridized carbons (Fsp3) is 0.105. The van der Waals surface area contributed by atoms with Crippen LogP contribution in [0.15, 0.2) is 42.5 Å². The van der Waals surface area contributed by atoms with E-state index in [0.29, 0.717) is 26.9 Å². The van der Waals surface area contributed by atoms with Gasteiger partial charge in [0.25, 0.3) is 5.91 Å². The SMILES string of the molecule is Cc1c(C(=O)OCC(=O)Nc2ccccc2C#N)sc2cccc(F)c12. The van der Waals surface area contributed by atoms with Crippen molar-refractivity contribution >= 4 is 39.0 Å². The molecule has 7 heteroatoms. The van der Waals surface area contributed by atoms with E-state index in [9.17, 15) is 14.0 Å². The van der Waals surface area contributed by atoms with Crippen molar-refractivity contribution in [3.8, 4) is 6.07 Å². The number of aryl methyl sites for hydroxylation is 1. The van der Waals surface area contributed by atoms with Gasteiger partial charge < -0.3 is 10.1 Å². The van der Waals surface area contributed by atoms with Crippen molar-refractivity contribution in [1.82, 2.24) is 0 Å². The minimum atomic E-state index is -0.688. The zero-order chi connectivity index (χ0) is 18.7. The highest BCUT2D eigenvalue weighted by Gasteiger charge is 2.20. The number of amides is 1. The summed E-state index contributed by atoms with van der Waals surface area (Å²) in [5, 5.41) is 11.9. The molecule has 0 unspecified atom stereocenters. The number of esters is 1. The van der Waals surface area contributed by atoms with Gasteiger partial charge in [0.1, 0.15) is 16.8 Å². The van der Waals surface area contributed by atoms with Crippen LogP contribution in [0.2, 0.25) is 0 Å². The Kier molecular flexibility index (Phi) is 4.96. The first-order valence-corrected chi connectivity index (χ1v) is 8.46. The monoisotopic (exact) mass is 368 g/mol. The maximum absolute atomic E-state index is 13.9. The Balaban J connectivity index is 1.69. The molecule has 0 saturated carbocycles. The van der Waals surface area contributed by atoms with E-state index < -0.39 is 24.3 Å². The van der Waals surface area contributed by atoms with Gasteiger partial charge in [-0.1, -0.05) is 18.2 Å². The lowest BCUT2D eigenvalue weighted by Gasteiger charge is -2.07. The number of para-hydroxylation sites is 1. The quantitative estimate of drug-likeness (QED) is 0.706. The molecule has 0 aliphatic heterocycles. The van der Waals surface area contributed by atoms with Crippen LogP contribution in [0.4, 0.5) is 10.1 Å². The molecular formula is C19H13FN2O3S. The molecule has 0 aliphatic rings. The Bertz CT molecular complexity index is 1050. The number of nitrogens with zero attached hydrogens (tertiary/aromatic N) is 1. The predicted molar refractivity (Wildman–Crippen MR) is 96.6 cm³/mol. The molecule has 1 N–H and O–H groups in total. The van der Waals surface area contributed by atoms with Crippen LogP contribution >= 0.6 is 11.3 Å². The van der Waals surface area contributed by atoms with E-state index in [1.54, 1.807) is 43.3 Å². The molecular weight excluding hydrogens is 355 g/mol. The number of hydrogen-bond donors (Lipinski definition) is 1. The van der Waals surface area contributed by atoms with Gasteiger partial charge in [0, 0.05) is 10.1 Å². The summed E-state index contributed by atoms with van der Waals surface area (Å²) in [6, 6.07) is 13.1. The Hall–Kier alpha value is -3.24. The normalized spacial score (nSPS) is 10.3. The number of ether oxygens (including phenoxy) is 1. The lowest BCUT2D eigenvalue weighted by molar-refractivity contribution is -0.119. The molecule has 1 amide bonds. The van der Waals surface area contributed by atoms with Gasteiger partial charge in [-0.25, -0.2) is 9.18 Å². The first kappa shape index (κ1) is 17.6. The van der Waals surface area contributed by atoms with Crippen LogP contribution in [-0.4, -0.2) is 18.5 Å². The third-order valence-electron chi connectivity index (χ3n) is 3.74. The first-order chi connectivity index (χ1) is 12.5. The molecule has 1 heterocycles. The molecule has 0 aliphatic carbocycles. The maximum atomic E-state index is 13.9. The molecule has 0 atom stereocenters. The van der Waals surface area contributed by atoms with Gasteiger partial charge in [-0.05, 0) is 36.8 Å². The van der Waals surface area contributed by atoms with Crippen LogP contribution in [0.25, 0.3) is 10.1 Å². The molecule has 3 aromatic rings. The molecule has 5 nitrogen and oxygen atoms in total. The van der Waals surface area contributed by atoms with Crippen molar-refractivity contribution in [3.63, 3.8) is 0 Å². The summed E-state index contributed by atoms with van der Waals surface area (Å²) < 4.78 is 19.6. The van der Waals surface area contributed by atoms with E-state index in [2.05, 4.69) is 5.32 Å². The van der Waals surface area contributed by atoms with E-state index in [0.717, 1.165) is 11.3 Å². The van der Waals surface area contributed by atoms with Crippen LogP contribution < -0.4 is 5.32 Å². The number of rotatable bonds is 4. The summed E-state index contributed by atoms with van der Waals surface area (Å²) in [5.41, 5.74) is 1.14. The highest BCUT2D eigenvalue weighted by molar-refractivity contribution is 7.21. The topological polar surface area (TPSA) is 79.2 Å². The second kappa shape index (κ2) is 7.33. The van der Waals surface area contributed by atoms with E-state index in [4.69, 9.17) is 10.00 Å². The smallest absolute Gasteiger partial charge is 0.349 e. The standard InChI is InChI=1S/C19H13FN2O3S/c1-11-17-13(20)6-4-8-15(17)26-18(11)19(24)25-10-16(23)22-14-7-3-2-5-12(14)9-21/h2-8H,10H2,1H3,(H,22,23). The van der Waals surface area contributed by atoms with Crippen molar-refractivity contribution in [3.05, 3.63) is 64.3 Å². The molecule has 26 heavy (non-hydrogen) atoms. The minimum Gasteiger partial charge on any atom is -0.451 e. The van der Waals surface area contributed by atoms with E-state index in [1.807, 2.05) is 6.07 Å². The number of hydrogen-bond acceptors (Lipinski definition) is 5. The average molecular weight is 368 g/mol.